The minimum atomic E-state index is -0.194. The Morgan fingerprint density at radius 1 is 1.50 bits per heavy atom. The molecule has 1 atom stereocenters. The molecule has 1 aromatic heterocycles. The Labute approximate surface area is 105 Å². The zero-order valence-electron chi connectivity index (χ0n) is 10.2. The van der Waals surface area contributed by atoms with E-state index in [2.05, 4.69) is 15.5 Å². The summed E-state index contributed by atoms with van der Waals surface area (Å²) in [6, 6.07) is 9.47. The molecule has 0 saturated carbocycles. The van der Waals surface area contributed by atoms with E-state index in [1.807, 2.05) is 30.3 Å². The lowest BCUT2D eigenvalue weighted by atomic mass is 10.1. The van der Waals surface area contributed by atoms with Gasteiger partial charge in [-0.3, -0.25) is 9.89 Å². The monoisotopic (exact) mass is 244 g/mol. The topological polar surface area (TPSA) is 83.8 Å². The molecular weight excluding hydrogens is 228 g/mol. The molecule has 0 aliphatic rings. The molecule has 0 radical (unpaired) electrons. The Balaban J connectivity index is 2.16. The van der Waals surface area contributed by atoms with Crippen molar-refractivity contribution in [1.29, 1.82) is 0 Å². The summed E-state index contributed by atoms with van der Waals surface area (Å²) in [6.45, 7) is 2.14. The van der Waals surface area contributed by atoms with Crippen LogP contribution in [0.2, 0.25) is 0 Å². The largest absolute Gasteiger partial charge is 0.330 e. The summed E-state index contributed by atoms with van der Waals surface area (Å²) in [4.78, 5) is 11.7. The number of amides is 1. The van der Waals surface area contributed by atoms with Crippen LogP contribution >= 0.6 is 0 Å². The van der Waals surface area contributed by atoms with E-state index >= 15 is 0 Å². The van der Waals surface area contributed by atoms with E-state index in [9.17, 15) is 4.79 Å². The lowest BCUT2D eigenvalue weighted by molar-refractivity contribution is -0.119. The van der Waals surface area contributed by atoms with Gasteiger partial charge < -0.3 is 11.1 Å². The highest BCUT2D eigenvalue weighted by molar-refractivity contribution is 5.93. The van der Waals surface area contributed by atoms with Crippen molar-refractivity contribution in [3.63, 3.8) is 0 Å². The number of anilines is 1. The summed E-state index contributed by atoms with van der Waals surface area (Å²) in [5, 5.41) is 9.63. The van der Waals surface area contributed by atoms with Crippen LogP contribution in [-0.4, -0.2) is 22.6 Å². The molecule has 1 unspecified atom stereocenters. The van der Waals surface area contributed by atoms with Crippen molar-refractivity contribution < 1.29 is 4.79 Å². The number of carbonyl (C=O) groups excluding carboxylic acids is 1. The van der Waals surface area contributed by atoms with Gasteiger partial charge in [-0.1, -0.05) is 19.1 Å². The second-order valence-corrected chi connectivity index (χ2v) is 4.18. The van der Waals surface area contributed by atoms with Crippen molar-refractivity contribution in [3.05, 3.63) is 36.5 Å². The third-order valence-corrected chi connectivity index (χ3v) is 2.74. The van der Waals surface area contributed by atoms with E-state index < -0.39 is 0 Å². The van der Waals surface area contributed by atoms with E-state index in [1.165, 1.54) is 0 Å². The summed E-state index contributed by atoms with van der Waals surface area (Å²) in [7, 11) is 0. The summed E-state index contributed by atoms with van der Waals surface area (Å²) in [6.07, 6.45) is 1.69. The Morgan fingerprint density at radius 3 is 3.00 bits per heavy atom. The fourth-order valence-corrected chi connectivity index (χ4v) is 1.55. The number of hydrogen-bond donors (Lipinski definition) is 3. The predicted octanol–water partition coefficient (Wildman–Crippen LogP) is 1.61. The van der Waals surface area contributed by atoms with Crippen LogP contribution in [0.5, 0.6) is 0 Å². The molecule has 0 bridgehead atoms. The lowest BCUT2D eigenvalue weighted by Gasteiger charge is -2.10. The molecular formula is C13H16N4O. The van der Waals surface area contributed by atoms with Crippen LogP contribution in [-0.2, 0) is 4.79 Å². The van der Waals surface area contributed by atoms with Gasteiger partial charge in [0.25, 0.3) is 0 Å². The molecule has 0 aliphatic heterocycles. The number of aromatic nitrogens is 2. The Bertz CT molecular complexity index is 522. The van der Waals surface area contributed by atoms with Crippen molar-refractivity contribution in [2.45, 2.75) is 6.92 Å². The molecule has 2 aromatic rings. The van der Waals surface area contributed by atoms with Gasteiger partial charge in [-0.2, -0.15) is 5.10 Å². The molecule has 1 heterocycles. The summed E-state index contributed by atoms with van der Waals surface area (Å²) in [5.74, 6) is -0.264. The summed E-state index contributed by atoms with van der Waals surface area (Å²) >= 11 is 0. The lowest BCUT2D eigenvalue weighted by Crippen LogP contribution is -2.26. The quantitative estimate of drug-likeness (QED) is 0.764. The van der Waals surface area contributed by atoms with Gasteiger partial charge >= 0.3 is 0 Å². The molecule has 5 nitrogen and oxygen atoms in total. The highest BCUT2D eigenvalue weighted by Gasteiger charge is 2.11. The maximum absolute atomic E-state index is 11.7. The first-order valence-electron chi connectivity index (χ1n) is 5.81. The normalized spacial score (nSPS) is 12.1. The zero-order chi connectivity index (χ0) is 13.0. The maximum Gasteiger partial charge on any atom is 0.228 e. The minimum absolute atomic E-state index is 0.0701. The van der Waals surface area contributed by atoms with Gasteiger partial charge in [0.1, 0.15) is 0 Å². The molecule has 0 saturated heterocycles. The smallest absolute Gasteiger partial charge is 0.228 e. The van der Waals surface area contributed by atoms with Crippen molar-refractivity contribution in [2.75, 3.05) is 11.9 Å². The number of nitrogens with zero attached hydrogens (tertiary/aromatic N) is 1. The average Bonchev–Trinajstić information content (AvgIpc) is 2.92. The molecule has 18 heavy (non-hydrogen) atoms. The molecule has 94 valence electrons. The van der Waals surface area contributed by atoms with Gasteiger partial charge in [-0.05, 0) is 18.2 Å². The van der Waals surface area contributed by atoms with Crippen LogP contribution < -0.4 is 11.1 Å². The van der Waals surface area contributed by atoms with Crippen molar-refractivity contribution in [2.24, 2.45) is 11.7 Å². The predicted molar refractivity (Wildman–Crippen MR) is 70.9 cm³/mol. The number of nitrogens with one attached hydrogen (secondary N) is 2. The second kappa shape index (κ2) is 5.46. The summed E-state index contributed by atoms with van der Waals surface area (Å²) < 4.78 is 0. The highest BCUT2D eigenvalue weighted by atomic mass is 16.1. The molecule has 0 spiro atoms. The SMILES string of the molecule is CC(CN)C(=O)Nc1cccc(-c2ccn[nH]2)c1. The van der Waals surface area contributed by atoms with Crippen molar-refractivity contribution >= 4 is 11.6 Å². The molecule has 1 amide bonds. The molecule has 4 N–H and O–H groups in total. The van der Waals surface area contributed by atoms with Gasteiger partial charge in [-0.25, -0.2) is 0 Å². The van der Waals surface area contributed by atoms with Gasteiger partial charge in [0, 0.05) is 29.9 Å². The Morgan fingerprint density at radius 2 is 2.33 bits per heavy atom. The van der Waals surface area contributed by atoms with E-state index in [-0.39, 0.29) is 11.8 Å². The van der Waals surface area contributed by atoms with Crippen LogP contribution in [0.25, 0.3) is 11.3 Å². The van der Waals surface area contributed by atoms with E-state index in [0.29, 0.717) is 6.54 Å². The summed E-state index contributed by atoms with van der Waals surface area (Å²) in [5.41, 5.74) is 8.11. The fraction of sp³-hybridized carbons (Fsp3) is 0.231. The van der Waals surface area contributed by atoms with E-state index in [0.717, 1.165) is 16.9 Å². The third-order valence-electron chi connectivity index (χ3n) is 2.74. The highest BCUT2D eigenvalue weighted by Crippen LogP contribution is 2.20. The first-order valence-corrected chi connectivity index (χ1v) is 5.81. The molecule has 2 rings (SSSR count). The standard InChI is InChI=1S/C13H16N4O/c1-9(8-14)13(18)16-11-4-2-3-10(7-11)12-5-6-15-17-12/h2-7,9H,8,14H2,1H3,(H,15,17)(H,16,18). The van der Waals surface area contributed by atoms with E-state index in [1.54, 1.807) is 13.1 Å². The third kappa shape index (κ3) is 2.75. The van der Waals surface area contributed by atoms with Crippen LogP contribution in [0.4, 0.5) is 5.69 Å². The first kappa shape index (κ1) is 12.3. The molecule has 0 aliphatic carbocycles. The number of nitrogens with two attached hydrogens (primary N) is 1. The number of H-pyrrole nitrogens is 1. The van der Waals surface area contributed by atoms with Crippen LogP contribution in [0.1, 0.15) is 6.92 Å². The van der Waals surface area contributed by atoms with Gasteiger partial charge in [0.05, 0.1) is 5.69 Å². The fourth-order valence-electron chi connectivity index (χ4n) is 1.55. The molecule has 1 aromatic carbocycles. The second-order valence-electron chi connectivity index (χ2n) is 4.18. The van der Waals surface area contributed by atoms with E-state index in [4.69, 9.17) is 5.73 Å². The van der Waals surface area contributed by atoms with Crippen LogP contribution in [0.15, 0.2) is 36.5 Å². The zero-order valence-corrected chi connectivity index (χ0v) is 10.2. The van der Waals surface area contributed by atoms with Crippen LogP contribution in [0, 0.1) is 5.92 Å². The number of rotatable bonds is 4. The Hall–Kier alpha value is -2.14. The minimum Gasteiger partial charge on any atom is -0.330 e. The molecule has 5 heteroatoms. The first-order chi connectivity index (χ1) is 8.70. The van der Waals surface area contributed by atoms with Crippen molar-refractivity contribution in [1.82, 2.24) is 10.2 Å². The van der Waals surface area contributed by atoms with Crippen LogP contribution in [0.3, 0.4) is 0 Å². The Kier molecular flexibility index (Phi) is 3.74. The number of hydrogen-bond acceptors (Lipinski definition) is 3. The number of aromatic amines is 1. The van der Waals surface area contributed by atoms with Crippen molar-refractivity contribution in [3.8, 4) is 11.3 Å². The van der Waals surface area contributed by atoms with Gasteiger partial charge in [-0.15, -0.1) is 0 Å². The molecule has 0 fully saturated rings. The number of carbonyl (C=O) groups is 1. The number of benzene rings is 1. The van der Waals surface area contributed by atoms with Gasteiger partial charge in [0.2, 0.25) is 5.91 Å². The average molecular weight is 244 g/mol. The van der Waals surface area contributed by atoms with Gasteiger partial charge in [0.15, 0.2) is 0 Å². The maximum atomic E-state index is 11.7.